The van der Waals surface area contributed by atoms with Crippen molar-refractivity contribution in [3.8, 4) is 0 Å². The van der Waals surface area contributed by atoms with Crippen molar-refractivity contribution in [1.29, 1.82) is 0 Å². The van der Waals surface area contributed by atoms with Crippen LogP contribution in [0.15, 0.2) is 0 Å². The minimum Gasteiger partial charge on any atom is -0.314 e. The number of rotatable bonds is 8. The molecule has 74 valence electrons. The predicted octanol–water partition coefficient (Wildman–Crippen LogP) is 3.17. The molecule has 1 N–H and O–H groups in total. The normalized spacial score (nSPS) is 13.2. The first-order valence-electron chi connectivity index (χ1n) is 5.10. The summed E-state index contributed by atoms with van der Waals surface area (Å²) in [5.74, 6) is 0.818. The zero-order valence-corrected chi connectivity index (χ0v) is 9.16. The molecular weight excluding hydrogens is 170 g/mol. The first kappa shape index (κ1) is 12.2. The molecule has 2 heteroatoms. The van der Waals surface area contributed by atoms with E-state index in [1.807, 2.05) is 0 Å². The maximum Gasteiger partial charge on any atom is 0.0223 e. The molecule has 0 radical (unpaired) electrons. The molecule has 1 atom stereocenters. The van der Waals surface area contributed by atoms with Crippen LogP contribution < -0.4 is 5.32 Å². The molecule has 1 nitrogen and oxygen atoms in total. The zero-order chi connectivity index (χ0) is 9.23. The number of alkyl halides is 1. The lowest BCUT2D eigenvalue weighted by Crippen LogP contribution is -2.25. The van der Waals surface area contributed by atoms with E-state index in [4.69, 9.17) is 11.6 Å². The monoisotopic (exact) mass is 191 g/mol. The van der Waals surface area contributed by atoms with Gasteiger partial charge in [0.05, 0.1) is 0 Å². The molecule has 0 rings (SSSR count). The molecule has 0 fully saturated rings. The summed E-state index contributed by atoms with van der Waals surface area (Å²) in [5, 5.41) is 3.48. The summed E-state index contributed by atoms with van der Waals surface area (Å²) in [6.07, 6.45) is 6.29. The molecule has 0 aromatic carbocycles. The van der Waals surface area contributed by atoms with Crippen molar-refractivity contribution in [3.63, 3.8) is 0 Å². The maximum atomic E-state index is 5.57. The van der Waals surface area contributed by atoms with Crippen molar-refractivity contribution in [2.24, 2.45) is 0 Å². The largest absolute Gasteiger partial charge is 0.314 e. The highest BCUT2D eigenvalue weighted by Gasteiger charge is 1.95. The van der Waals surface area contributed by atoms with E-state index in [1.165, 1.54) is 32.1 Å². The average Bonchev–Trinajstić information content (AvgIpc) is 2.10. The highest BCUT2D eigenvalue weighted by atomic mass is 35.5. The Balaban J connectivity index is 2.90. The Bertz CT molecular complexity index is 85.9. The minimum absolute atomic E-state index is 0.679. The third-order valence-corrected chi connectivity index (χ3v) is 2.43. The van der Waals surface area contributed by atoms with Gasteiger partial charge in [-0.1, -0.05) is 19.8 Å². The second-order valence-electron chi connectivity index (χ2n) is 3.37. The van der Waals surface area contributed by atoms with E-state index in [9.17, 15) is 0 Å². The first-order chi connectivity index (χ1) is 5.81. The van der Waals surface area contributed by atoms with Crippen LogP contribution in [-0.4, -0.2) is 18.5 Å². The fourth-order valence-electron chi connectivity index (χ4n) is 1.07. The van der Waals surface area contributed by atoms with Gasteiger partial charge in [0.15, 0.2) is 0 Å². The molecule has 0 aliphatic heterocycles. The number of hydrogen-bond donors (Lipinski definition) is 1. The Hall–Kier alpha value is 0.250. The van der Waals surface area contributed by atoms with Gasteiger partial charge in [-0.2, -0.15) is 0 Å². The summed E-state index contributed by atoms with van der Waals surface area (Å²) in [4.78, 5) is 0. The highest BCUT2D eigenvalue weighted by molar-refractivity contribution is 6.17. The Morgan fingerprint density at radius 2 is 1.83 bits per heavy atom. The molecule has 0 saturated carbocycles. The third kappa shape index (κ3) is 8.35. The van der Waals surface area contributed by atoms with Crippen molar-refractivity contribution in [3.05, 3.63) is 0 Å². The summed E-state index contributed by atoms with van der Waals surface area (Å²) in [6.45, 7) is 5.61. The first-order valence-corrected chi connectivity index (χ1v) is 5.64. The van der Waals surface area contributed by atoms with Crippen molar-refractivity contribution in [2.75, 3.05) is 12.4 Å². The fourth-order valence-corrected chi connectivity index (χ4v) is 1.25. The predicted molar refractivity (Wildman–Crippen MR) is 56.9 cm³/mol. The van der Waals surface area contributed by atoms with Gasteiger partial charge in [0, 0.05) is 11.9 Å². The Morgan fingerprint density at radius 1 is 1.17 bits per heavy atom. The van der Waals surface area contributed by atoms with Gasteiger partial charge in [0.2, 0.25) is 0 Å². The maximum absolute atomic E-state index is 5.57. The second kappa shape index (κ2) is 9.34. The average molecular weight is 192 g/mol. The van der Waals surface area contributed by atoms with Crippen LogP contribution >= 0.6 is 11.6 Å². The molecule has 0 saturated heterocycles. The van der Waals surface area contributed by atoms with Crippen molar-refractivity contribution in [2.45, 2.75) is 52.0 Å². The number of hydrogen-bond acceptors (Lipinski definition) is 1. The lowest BCUT2D eigenvalue weighted by atomic mass is 10.2. The molecule has 0 bridgehead atoms. The van der Waals surface area contributed by atoms with Gasteiger partial charge in [-0.15, -0.1) is 11.6 Å². The van der Waals surface area contributed by atoms with Crippen molar-refractivity contribution >= 4 is 11.6 Å². The zero-order valence-electron chi connectivity index (χ0n) is 8.41. The summed E-state index contributed by atoms with van der Waals surface area (Å²) >= 11 is 5.57. The lowest BCUT2D eigenvalue weighted by molar-refractivity contribution is 0.510. The van der Waals surface area contributed by atoms with Crippen LogP contribution in [-0.2, 0) is 0 Å². The molecule has 0 spiro atoms. The Kier molecular flexibility index (Phi) is 9.53. The van der Waals surface area contributed by atoms with Crippen LogP contribution in [0, 0.1) is 0 Å². The van der Waals surface area contributed by atoms with Gasteiger partial charge < -0.3 is 5.32 Å². The summed E-state index contributed by atoms with van der Waals surface area (Å²) in [7, 11) is 0. The number of nitrogens with one attached hydrogen (secondary N) is 1. The van der Waals surface area contributed by atoms with Gasteiger partial charge in [0.1, 0.15) is 0 Å². The summed E-state index contributed by atoms with van der Waals surface area (Å²) in [6, 6.07) is 0.679. The van der Waals surface area contributed by atoms with Crippen molar-refractivity contribution in [1.82, 2.24) is 5.32 Å². The van der Waals surface area contributed by atoms with E-state index >= 15 is 0 Å². The molecule has 1 unspecified atom stereocenters. The highest BCUT2D eigenvalue weighted by Crippen LogP contribution is 2.00. The van der Waals surface area contributed by atoms with Crippen LogP contribution in [0.4, 0.5) is 0 Å². The van der Waals surface area contributed by atoms with Crippen LogP contribution in [0.5, 0.6) is 0 Å². The van der Waals surface area contributed by atoms with Crippen LogP contribution in [0.1, 0.15) is 46.0 Å². The molecule has 0 aliphatic rings. The van der Waals surface area contributed by atoms with E-state index in [2.05, 4.69) is 19.2 Å². The summed E-state index contributed by atoms with van der Waals surface area (Å²) < 4.78 is 0. The van der Waals surface area contributed by atoms with Crippen molar-refractivity contribution < 1.29 is 0 Å². The Morgan fingerprint density at radius 3 is 2.42 bits per heavy atom. The molecule has 0 aromatic rings. The minimum atomic E-state index is 0.679. The SMILES string of the molecule is CCC(C)NCCCCCCCl. The van der Waals surface area contributed by atoms with Gasteiger partial charge in [-0.05, 0) is 32.7 Å². The standard InChI is InChI=1S/C10H22ClN/c1-3-10(2)12-9-7-5-4-6-8-11/h10,12H,3-9H2,1-2H3. The smallest absolute Gasteiger partial charge is 0.0223 e. The quantitative estimate of drug-likeness (QED) is 0.459. The number of unbranched alkanes of at least 4 members (excludes halogenated alkanes) is 3. The van der Waals surface area contributed by atoms with E-state index < -0.39 is 0 Å². The molecule has 0 aliphatic carbocycles. The van der Waals surface area contributed by atoms with Gasteiger partial charge in [0.25, 0.3) is 0 Å². The molecule has 0 heterocycles. The second-order valence-corrected chi connectivity index (χ2v) is 3.74. The Labute approximate surface area is 81.9 Å². The topological polar surface area (TPSA) is 12.0 Å². The van der Waals surface area contributed by atoms with E-state index in [-0.39, 0.29) is 0 Å². The van der Waals surface area contributed by atoms with Gasteiger partial charge >= 0.3 is 0 Å². The van der Waals surface area contributed by atoms with E-state index in [0.717, 1.165) is 12.4 Å². The molecule has 12 heavy (non-hydrogen) atoms. The summed E-state index contributed by atoms with van der Waals surface area (Å²) in [5.41, 5.74) is 0. The molecular formula is C10H22ClN. The van der Waals surface area contributed by atoms with E-state index in [0.29, 0.717) is 6.04 Å². The van der Waals surface area contributed by atoms with Gasteiger partial charge in [-0.25, -0.2) is 0 Å². The molecule has 0 amide bonds. The fraction of sp³-hybridized carbons (Fsp3) is 1.00. The third-order valence-electron chi connectivity index (χ3n) is 2.17. The van der Waals surface area contributed by atoms with Crippen LogP contribution in [0.3, 0.4) is 0 Å². The van der Waals surface area contributed by atoms with Gasteiger partial charge in [-0.3, -0.25) is 0 Å². The number of halogens is 1. The lowest BCUT2D eigenvalue weighted by Gasteiger charge is -2.10. The molecule has 0 aromatic heterocycles. The van der Waals surface area contributed by atoms with Crippen LogP contribution in [0.25, 0.3) is 0 Å². The van der Waals surface area contributed by atoms with E-state index in [1.54, 1.807) is 0 Å². The van der Waals surface area contributed by atoms with Crippen LogP contribution in [0.2, 0.25) is 0 Å².